The summed E-state index contributed by atoms with van der Waals surface area (Å²) in [6.07, 6.45) is 6.91. The number of rotatable bonds is 11. The maximum absolute atomic E-state index is 12.3. The first-order valence-corrected chi connectivity index (χ1v) is 10.8. The number of hydrogen-bond donors (Lipinski definition) is 0. The molecule has 1 aromatic heterocycles. The van der Waals surface area contributed by atoms with Crippen molar-refractivity contribution < 1.29 is 23.5 Å². The van der Waals surface area contributed by atoms with Crippen molar-refractivity contribution in [3.05, 3.63) is 64.1 Å². The van der Waals surface area contributed by atoms with Gasteiger partial charge in [-0.3, -0.25) is 9.59 Å². The minimum atomic E-state index is -1.08. The Morgan fingerprint density at radius 3 is 2.38 bits per heavy atom. The topological polar surface area (TPSA) is 82.8 Å². The van der Waals surface area contributed by atoms with E-state index in [4.69, 9.17) is 13.9 Å². The van der Waals surface area contributed by atoms with Gasteiger partial charge in [0, 0.05) is 30.9 Å². The molecule has 0 saturated carbocycles. The van der Waals surface area contributed by atoms with Crippen LogP contribution in [-0.4, -0.2) is 24.0 Å². The van der Waals surface area contributed by atoms with Crippen LogP contribution in [0.5, 0.6) is 5.75 Å². The van der Waals surface area contributed by atoms with Gasteiger partial charge in [-0.15, -0.1) is 0 Å². The SMILES string of the molecule is CC(=O)OC(C)(C)C(=O)CC/C(C)=C\CC/C(C)=C/COc1ccc2ccc(=O)oc2c1. The van der Waals surface area contributed by atoms with Crippen molar-refractivity contribution in [2.24, 2.45) is 0 Å². The second-order valence-electron chi connectivity index (χ2n) is 8.43. The second kappa shape index (κ2) is 11.5. The first kappa shape index (κ1) is 25.1. The molecule has 2 aromatic rings. The Morgan fingerprint density at radius 2 is 1.66 bits per heavy atom. The lowest BCUT2D eigenvalue weighted by Crippen LogP contribution is -2.36. The molecule has 0 amide bonds. The molecule has 0 bridgehead atoms. The van der Waals surface area contributed by atoms with E-state index in [1.807, 2.05) is 25.1 Å². The van der Waals surface area contributed by atoms with Gasteiger partial charge < -0.3 is 13.9 Å². The number of ketones is 1. The van der Waals surface area contributed by atoms with Crippen molar-refractivity contribution in [3.8, 4) is 5.75 Å². The lowest BCUT2D eigenvalue weighted by atomic mass is 9.97. The zero-order chi connectivity index (χ0) is 23.7. The molecule has 0 unspecified atom stereocenters. The Morgan fingerprint density at radius 1 is 0.969 bits per heavy atom. The molecule has 32 heavy (non-hydrogen) atoms. The summed E-state index contributed by atoms with van der Waals surface area (Å²) in [4.78, 5) is 34.7. The Hall–Kier alpha value is -3.15. The monoisotopic (exact) mass is 440 g/mol. The van der Waals surface area contributed by atoms with Crippen LogP contribution in [0.15, 0.2) is 62.8 Å². The molecule has 2 rings (SSSR count). The van der Waals surface area contributed by atoms with Gasteiger partial charge in [0.25, 0.3) is 0 Å². The first-order valence-electron chi connectivity index (χ1n) is 10.8. The van der Waals surface area contributed by atoms with Crippen molar-refractivity contribution in [1.82, 2.24) is 0 Å². The fourth-order valence-corrected chi connectivity index (χ4v) is 3.19. The molecule has 0 aliphatic carbocycles. The van der Waals surface area contributed by atoms with E-state index < -0.39 is 11.6 Å². The van der Waals surface area contributed by atoms with E-state index >= 15 is 0 Å². The third-order valence-electron chi connectivity index (χ3n) is 5.12. The van der Waals surface area contributed by atoms with Gasteiger partial charge in [0.1, 0.15) is 17.9 Å². The minimum Gasteiger partial charge on any atom is -0.489 e. The van der Waals surface area contributed by atoms with Crippen molar-refractivity contribution >= 4 is 22.7 Å². The third kappa shape index (κ3) is 8.17. The third-order valence-corrected chi connectivity index (χ3v) is 5.12. The molecule has 0 saturated heterocycles. The summed E-state index contributed by atoms with van der Waals surface area (Å²) in [5.41, 5.74) is 1.38. The van der Waals surface area contributed by atoms with Gasteiger partial charge in [-0.1, -0.05) is 17.2 Å². The Bertz CT molecular complexity index is 1070. The maximum Gasteiger partial charge on any atom is 0.336 e. The molecule has 1 heterocycles. The summed E-state index contributed by atoms with van der Waals surface area (Å²) >= 11 is 0. The summed E-state index contributed by atoms with van der Waals surface area (Å²) in [6, 6.07) is 8.54. The molecular formula is C26H32O6. The van der Waals surface area contributed by atoms with E-state index in [2.05, 4.69) is 13.0 Å². The van der Waals surface area contributed by atoms with Crippen LogP contribution in [0.25, 0.3) is 11.0 Å². The molecule has 0 radical (unpaired) electrons. The van der Waals surface area contributed by atoms with Gasteiger partial charge in [0.05, 0.1) is 0 Å². The first-order chi connectivity index (χ1) is 15.1. The van der Waals surface area contributed by atoms with Gasteiger partial charge in [-0.25, -0.2) is 4.79 Å². The van der Waals surface area contributed by atoms with E-state index in [1.54, 1.807) is 26.0 Å². The second-order valence-corrected chi connectivity index (χ2v) is 8.43. The van der Waals surface area contributed by atoms with Crippen molar-refractivity contribution in [2.45, 2.75) is 65.9 Å². The highest BCUT2D eigenvalue weighted by Gasteiger charge is 2.29. The standard InChI is InChI=1S/C26H32O6/c1-18(9-13-24(28)26(4,5)32-20(3)27)7-6-8-19(2)15-16-30-22-12-10-21-11-14-25(29)31-23(21)17-22/h7,10-12,14-15,17H,6,8-9,13,16H2,1-5H3/b18-7-,19-15+. The van der Waals surface area contributed by atoms with Crippen LogP contribution in [0.3, 0.4) is 0 Å². The molecule has 0 aliphatic heterocycles. The largest absolute Gasteiger partial charge is 0.489 e. The van der Waals surface area contributed by atoms with E-state index in [0.717, 1.165) is 23.8 Å². The fourth-order valence-electron chi connectivity index (χ4n) is 3.19. The van der Waals surface area contributed by atoms with Crippen molar-refractivity contribution in [1.29, 1.82) is 0 Å². The van der Waals surface area contributed by atoms with Crippen molar-refractivity contribution in [3.63, 3.8) is 0 Å². The molecule has 0 aliphatic rings. The summed E-state index contributed by atoms with van der Waals surface area (Å²) in [6.45, 7) is 9.04. The summed E-state index contributed by atoms with van der Waals surface area (Å²) in [7, 11) is 0. The highest BCUT2D eigenvalue weighted by atomic mass is 16.6. The highest BCUT2D eigenvalue weighted by Crippen LogP contribution is 2.20. The van der Waals surface area contributed by atoms with Gasteiger partial charge in [-0.05, 0) is 71.2 Å². The number of Topliss-reactive ketones (excluding diaryl/α,β-unsaturated/α-hetero) is 1. The number of allylic oxidation sites excluding steroid dienone is 3. The van der Waals surface area contributed by atoms with Gasteiger partial charge in [0.2, 0.25) is 0 Å². The predicted molar refractivity (Wildman–Crippen MR) is 125 cm³/mol. The Labute approximate surface area is 188 Å². The lowest BCUT2D eigenvalue weighted by molar-refractivity contribution is -0.161. The maximum atomic E-state index is 12.3. The van der Waals surface area contributed by atoms with Crippen LogP contribution >= 0.6 is 0 Å². The van der Waals surface area contributed by atoms with Crippen LogP contribution in [0.2, 0.25) is 0 Å². The summed E-state index contributed by atoms with van der Waals surface area (Å²) < 4.78 is 16.0. The zero-order valence-corrected chi connectivity index (χ0v) is 19.5. The zero-order valence-electron chi connectivity index (χ0n) is 19.5. The lowest BCUT2D eigenvalue weighted by Gasteiger charge is -2.22. The predicted octanol–water partition coefficient (Wildman–Crippen LogP) is 5.54. The van der Waals surface area contributed by atoms with E-state index in [-0.39, 0.29) is 11.4 Å². The van der Waals surface area contributed by atoms with Crippen LogP contribution in [0.1, 0.15) is 60.3 Å². The summed E-state index contributed by atoms with van der Waals surface area (Å²) in [5.74, 6) is 0.115. The van der Waals surface area contributed by atoms with Gasteiger partial charge in [-0.2, -0.15) is 0 Å². The summed E-state index contributed by atoms with van der Waals surface area (Å²) in [5, 5.41) is 0.850. The van der Waals surface area contributed by atoms with Crippen molar-refractivity contribution in [2.75, 3.05) is 6.61 Å². The van der Waals surface area contributed by atoms with Gasteiger partial charge >= 0.3 is 11.6 Å². The van der Waals surface area contributed by atoms with Crippen LogP contribution < -0.4 is 10.4 Å². The van der Waals surface area contributed by atoms with Crippen LogP contribution in [0.4, 0.5) is 0 Å². The van der Waals surface area contributed by atoms with Crippen LogP contribution in [0, 0.1) is 0 Å². The minimum absolute atomic E-state index is 0.0818. The average Bonchev–Trinajstić information content (AvgIpc) is 2.70. The Balaban J connectivity index is 1.76. The van der Waals surface area contributed by atoms with E-state index in [0.29, 0.717) is 30.8 Å². The Kier molecular flexibility index (Phi) is 9.00. The van der Waals surface area contributed by atoms with E-state index in [1.165, 1.54) is 18.6 Å². The number of carbonyl (C=O) groups is 2. The number of ether oxygens (including phenoxy) is 2. The number of hydrogen-bond acceptors (Lipinski definition) is 6. The number of carbonyl (C=O) groups excluding carboxylic acids is 2. The van der Waals surface area contributed by atoms with E-state index in [9.17, 15) is 14.4 Å². The smallest absolute Gasteiger partial charge is 0.336 e. The number of esters is 1. The molecule has 0 spiro atoms. The molecule has 6 heteroatoms. The molecule has 0 atom stereocenters. The quantitative estimate of drug-likeness (QED) is 0.259. The molecule has 6 nitrogen and oxygen atoms in total. The van der Waals surface area contributed by atoms with Crippen LogP contribution in [-0.2, 0) is 14.3 Å². The number of fused-ring (bicyclic) bond motifs is 1. The molecular weight excluding hydrogens is 408 g/mol. The molecule has 1 aromatic carbocycles. The highest BCUT2D eigenvalue weighted by molar-refractivity contribution is 5.88. The number of benzene rings is 1. The molecule has 172 valence electrons. The molecule has 0 N–H and O–H groups in total. The molecule has 0 fully saturated rings. The average molecular weight is 441 g/mol. The fraction of sp³-hybridized carbons (Fsp3) is 0.423. The normalized spacial score (nSPS) is 12.7. The van der Waals surface area contributed by atoms with Gasteiger partial charge in [0.15, 0.2) is 11.4 Å².